The molecule has 1 aromatic carbocycles. The van der Waals surface area contributed by atoms with Gasteiger partial charge in [0.1, 0.15) is 5.82 Å². The summed E-state index contributed by atoms with van der Waals surface area (Å²) in [7, 11) is 1.63. The molecule has 0 saturated heterocycles. The number of carboxylic acid groups (broad SMARTS) is 1. The van der Waals surface area contributed by atoms with Crippen molar-refractivity contribution in [3.8, 4) is 11.3 Å². The van der Waals surface area contributed by atoms with E-state index in [9.17, 15) is 9.59 Å². The van der Waals surface area contributed by atoms with E-state index in [-0.39, 0.29) is 18.7 Å². The molecule has 0 spiro atoms. The van der Waals surface area contributed by atoms with Crippen LogP contribution in [0.1, 0.15) is 18.7 Å². The highest BCUT2D eigenvalue weighted by molar-refractivity contribution is 5.80. The van der Waals surface area contributed by atoms with Crippen molar-refractivity contribution in [1.29, 1.82) is 0 Å². The summed E-state index contributed by atoms with van der Waals surface area (Å²) in [6.45, 7) is 0.325. The molecule has 0 bridgehead atoms. The highest BCUT2D eigenvalue weighted by Gasteiger charge is 2.13. The minimum absolute atomic E-state index is 0.00190. The van der Waals surface area contributed by atoms with Crippen LogP contribution in [0, 0.1) is 0 Å². The SMILES string of the molecule is CN(Cc1ncc(-c2ccccc2)[nH]1)C(=O)CCC(=O)O. The minimum atomic E-state index is -0.971. The van der Waals surface area contributed by atoms with Crippen molar-refractivity contribution in [2.75, 3.05) is 7.05 Å². The number of benzene rings is 1. The second-order valence-corrected chi connectivity index (χ2v) is 4.75. The Morgan fingerprint density at radius 1 is 1.24 bits per heavy atom. The molecule has 0 saturated carbocycles. The molecular formula is C15H17N3O3. The van der Waals surface area contributed by atoms with Gasteiger partial charge >= 0.3 is 5.97 Å². The van der Waals surface area contributed by atoms with Crippen molar-refractivity contribution in [2.24, 2.45) is 0 Å². The second kappa shape index (κ2) is 6.69. The maximum atomic E-state index is 11.7. The molecule has 0 aliphatic rings. The highest BCUT2D eigenvalue weighted by atomic mass is 16.4. The van der Waals surface area contributed by atoms with Crippen LogP contribution >= 0.6 is 0 Å². The Morgan fingerprint density at radius 3 is 2.62 bits per heavy atom. The number of hydrogen-bond acceptors (Lipinski definition) is 3. The first-order valence-electron chi connectivity index (χ1n) is 6.61. The number of hydrogen-bond donors (Lipinski definition) is 2. The number of amides is 1. The number of imidazole rings is 1. The average molecular weight is 287 g/mol. The van der Waals surface area contributed by atoms with E-state index in [1.807, 2.05) is 30.3 Å². The average Bonchev–Trinajstić information content (AvgIpc) is 2.94. The normalized spacial score (nSPS) is 10.3. The van der Waals surface area contributed by atoms with Crippen LogP contribution in [0.25, 0.3) is 11.3 Å². The molecular weight excluding hydrogens is 270 g/mol. The fourth-order valence-corrected chi connectivity index (χ4v) is 1.92. The van der Waals surface area contributed by atoms with Crippen molar-refractivity contribution >= 4 is 11.9 Å². The lowest BCUT2D eigenvalue weighted by Gasteiger charge is -2.15. The summed E-state index contributed by atoms with van der Waals surface area (Å²) in [6.07, 6.45) is 1.56. The van der Waals surface area contributed by atoms with Gasteiger partial charge in [-0.2, -0.15) is 0 Å². The maximum Gasteiger partial charge on any atom is 0.303 e. The van der Waals surface area contributed by atoms with Crippen LogP contribution in [0.5, 0.6) is 0 Å². The Labute approximate surface area is 122 Å². The lowest BCUT2D eigenvalue weighted by atomic mass is 10.2. The number of nitrogens with one attached hydrogen (secondary N) is 1. The van der Waals surface area contributed by atoms with Gasteiger partial charge in [0, 0.05) is 13.5 Å². The lowest BCUT2D eigenvalue weighted by molar-refractivity contribution is -0.140. The molecule has 2 rings (SSSR count). The molecule has 0 atom stereocenters. The number of carbonyl (C=O) groups is 2. The first kappa shape index (κ1) is 14.8. The number of carboxylic acids is 1. The molecule has 1 amide bonds. The second-order valence-electron chi connectivity index (χ2n) is 4.75. The molecule has 1 heterocycles. The molecule has 0 unspecified atom stereocenters. The fourth-order valence-electron chi connectivity index (χ4n) is 1.92. The van der Waals surface area contributed by atoms with Crippen molar-refractivity contribution in [2.45, 2.75) is 19.4 Å². The first-order valence-corrected chi connectivity index (χ1v) is 6.61. The van der Waals surface area contributed by atoms with Gasteiger partial charge < -0.3 is 15.0 Å². The van der Waals surface area contributed by atoms with Gasteiger partial charge in [0.05, 0.1) is 24.9 Å². The van der Waals surface area contributed by atoms with E-state index >= 15 is 0 Å². The van der Waals surface area contributed by atoms with Crippen LogP contribution in [0.15, 0.2) is 36.5 Å². The predicted molar refractivity (Wildman–Crippen MR) is 77.4 cm³/mol. The Morgan fingerprint density at radius 2 is 1.95 bits per heavy atom. The standard InChI is InChI=1S/C15H17N3O3/c1-18(14(19)7-8-15(20)21)10-13-16-9-12(17-13)11-5-3-2-4-6-11/h2-6,9H,7-8,10H2,1H3,(H,16,17)(H,20,21). The van der Waals surface area contributed by atoms with E-state index in [1.54, 1.807) is 13.2 Å². The highest BCUT2D eigenvalue weighted by Crippen LogP contribution is 2.16. The number of nitrogens with zero attached hydrogens (tertiary/aromatic N) is 2. The summed E-state index contributed by atoms with van der Waals surface area (Å²) < 4.78 is 0. The van der Waals surface area contributed by atoms with Crippen LogP contribution in [-0.2, 0) is 16.1 Å². The number of rotatable bonds is 6. The first-order chi connectivity index (χ1) is 10.1. The third-order valence-corrected chi connectivity index (χ3v) is 3.08. The van der Waals surface area contributed by atoms with Gasteiger partial charge in [-0.05, 0) is 5.56 Å². The van der Waals surface area contributed by atoms with Gasteiger partial charge in [0.2, 0.25) is 5.91 Å². The van der Waals surface area contributed by atoms with Gasteiger partial charge in [0.15, 0.2) is 0 Å². The molecule has 0 aliphatic heterocycles. The Bertz CT molecular complexity index is 622. The monoisotopic (exact) mass is 287 g/mol. The smallest absolute Gasteiger partial charge is 0.303 e. The van der Waals surface area contributed by atoms with Crippen LogP contribution in [0.4, 0.5) is 0 Å². The Hall–Kier alpha value is -2.63. The number of carbonyl (C=O) groups excluding carboxylic acids is 1. The fraction of sp³-hybridized carbons (Fsp3) is 0.267. The van der Waals surface area contributed by atoms with E-state index in [0.717, 1.165) is 11.3 Å². The topological polar surface area (TPSA) is 86.3 Å². The molecule has 0 fully saturated rings. The maximum absolute atomic E-state index is 11.7. The molecule has 110 valence electrons. The van der Waals surface area contributed by atoms with E-state index in [0.29, 0.717) is 12.4 Å². The van der Waals surface area contributed by atoms with Gasteiger partial charge in [-0.3, -0.25) is 9.59 Å². The number of aromatic amines is 1. The molecule has 0 aliphatic carbocycles. The van der Waals surface area contributed by atoms with Crippen LogP contribution < -0.4 is 0 Å². The van der Waals surface area contributed by atoms with Crippen molar-refractivity contribution < 1.29 is 14.7 Å². The van der Waals surface area contributed by atoms with E-state index < -0.39 is 5.97 Å². The molecule has 2 N–H and O–H groups in total. The summed E-state index contributed by atoms with van der Waals surface area (Å²) in [5, 5.41) is 8.57. The van der Waals surface area contributed by atoms with E-state index in [2.05, 4.69) is 9.97 Å². The number of H-pyrrole nitrogens is 1. The Kier molecular flexibility index (Phi) is 4.71. The predicted octanol–water partition coefficient (Wildman–Crippen LogP) is 1.90. The number of aliphatic carboxylic acids is 1. The summed E-state index contributed by atoms with van der Waals surface area (Å²) >= 11 is 0. The van der Waals surface area contributed by atoms with Gasteiger partial charge in [-0.25, -0.2) is 4.98 Å². The van der Waals surface area contributed by atoms with Crippen molar-refractivity contribution in [3.05, 3.63) is 42.4 Å². The third kappa shape index (κ3) is 4.17. The molecule has 1 aromatic heterocycles. The van der Waals surface area contributed by atoms with Gasteiger partial charge in [-0.1, -0.05) is 30.3 Å². The lowest BCUT2D eigenvalue weighted by Crippen LogP contribution is -2.27. The third-order valence-electron chi connectivity index (χ3n) is 3.08. The quantitative estimate of drug-likeness (QED) is 0.849. The molecule has 2 aromatic rings. The molecule has 21 heavy (non-hydrogen) atoms. The zero-order valence-corrected chi connectivity index (χ0v) is 11.7. The minimum Gasteiger partial charge on any atom is -0.481 e. The summed E-state index contributed by atoms with van der Waals surface area (Å²) in [5.74, 6) is -0.517. The number of aromatic nitrogens is 2. The van der Waals surface area contributed by atoms with Crippen LogP contribution in [0.3, 0.4) is 0 Å². The summed E-state index contributed by atoms with van der Waals surface area (Å²) in [5.41, 5.74) is 1.91. The zero-order chi connectivity index (χ0) is 15.2. The van der Waals surface area contributed by atoms with E-state index in [1.165, 1.54) is 4.90 Å². The summed E-state index contributed by atoms with van der Waals surface area (Å²) in [4.78, 5) is 31.1. The molecule has 0 radical (unpaired) electrons. The summed E-state index contributed by atoms with van der Waals surface area (Å²) in [6, 6.07) is 9.77. The van der Waals surface area contributed by atoms with Crippen LogP contribution in [-0.4, -0.2) is 38.9 Å². The van der Waals surface area contributed by atoms with Gasteiger partial charge in [0.25, 0.3) is 0 Å². The zero-order valence-electron chi connectivity index (χ0n) is 11.7. The van der Waals surface area contributed by atoms with Crippen molar-refractivity contribution in [1.82, 2.24) is 14.9 Å². The molecule has 6 heteroatoms. The van der Waals surface area contributed by atoms with Crippen molar-refractivity contribution in [3.63, 3.8) is 0 Å². The van der Waals surface area contributed by atoms with Crippen LogP contribution in [0.2, 0.25) is 0 Å². The molecule has 6 nitrogen and oxygen atoms in total. The van der Waals surface area contributed by atoms with E-state index in [4.69, 9.17) is 5.11 Å². The Balaban J connectivity index is 1.96. The largest absolute Gasteiger partial charge is 0.481 e. The van der Waals surface area contributed by atoms with Gasteiger partial charge in [-0.15, -0.1) is 0 Å².